The maximum absolute atomic E-state index is 12.2. The highest BCUT2D eigenvalue weighted by molar-refractivity contribution is 5.97. The van der Waals surface area contributed by atoms with Crippen LogP contribution in [-0.4, -0.2) is 41.4 Å². The standard InChI is InChI=1S/C19H27N3O2/c1-12-18(24)22-11-15(9-16(22)17(23)21-12)20-10-13-5-7-14(8-6-13)19(2,3)4/h5-8,12,15-16,20H,9-11H2,1-4H3,(H,21,23)/t12-,15-,16-/m0/s1. The Kier molecular flexibility index (Phi) is 4.38. The number of nitrogens with zero attached hydrogens (tertiary/aromatic N) is 1. The van der Waals surface area contributed by atoms with Crippen LogP contribution in [0.15, 0.2) is 24.3 Å². The fourth-order valence-corrected chi connectivity index (χ4v) is 3.48. The lowest BCUT2D eigenvalue weighted by Crippen LogP contribution is -2.60. The molecule has 24 heavy (non-hydrogen) atoms. The second-order valence-corrected chi connectivity index (χ2v) is 8.00. The van der Waals surface area contributed by atoms with Crippen LogP contribution < -0.4 is 10.6 Å². The molecule has 0 aliphatic carbocycles. The third kappa shape index (κ3) is 3.31. The van der Waals surface area contributed by atoms with Crippen molar-refractivity contribution < 1.29 is 9.59 Å². The van der Waals surface area contributed by atoms with Crippen molar-refractivity contribution in [3.8, 4) is 0 Å². The van der Waals surface area contributed by atoms with E-state index in [2.05, 4.69) is 55.7 Å². The topological polar surface area (TPSA) is 61.4 Å². The normalized spacial score (nSPS) is 27.2. The smallest absolute Gasteiger partial charge is 0.245 e. The third-order valence-corrected chi connectivity index (χ3v) is 5.03. The number of nitrogens with one attached hydrogen (secondary N) is 2. The Balaban J connectivity index is 1.58. The van der Waals surface area contributed by atoms with Crippen LogP contribution in [0.3, 0.4) is 0 Å². The number of carbonyl (C=O) groups is 2. The van der Waals surface area contributed by atoms with E-state index in [9.17, 15) is 9.59 Å². The molecule has 130 valence electrons. The maximum Gasteiger partial charge on any atom is 0.245 e. The molecule has 1 aromatic carbocycles. The molecule has 2 aliphatic heterocycles. The first kappa shape index (κ1) is 17.0. The van der Waals surface area contributed by atoms with Crippen LogP contribution in [-0.2, 0) is 21.5 Å². The second kappa shape index (κ2) is 6.20. The molecule has 2 N–H and O–H groups in total. The van der Waals surface area contributed by atoms with Crippen LogP contribution in [0.25, 0.3) is 0 Å². The molecule has 2 saturated heterocycles. The molecule has 1 aromatic rings. The summed E-state index contributed by atoms with van der Waals surface area (Å²) in [5, 5.41) is 6.25. The molecule has 2 fully saturated rings. The van der Waals surface area contributed by atoms with Crippen molar-refractivity contribution in [1.29, 1.82) is 0 Å². The predicted octanol–water partition coefficient (Wildman–Crippen LogP) is 1.56. The Morgan fingerprint density at radius 3 is 2.50 bits per heavy atom. The zero-order valence-corrected chi connectivity index (χ0v) is 14.9. The lowest BCUT2D eigenvalue weighted by atomic mass is 9.87. The summed E-state index contributed by atoms with van der Waals surface area (Å²) in [5.41, 5.74) is 2.70. The first-order chi connectivity index (χ1) is 11.3. The molecule has 2 amide bonds. The van der Waals surface area contributed by atoms with Crippen LogP contribution in [0.2, 0.25) is 0 Å². The van der Waals surface area contributed by atoms with Crippen molar-refractivity contribution in [1.82, 2.24) is 15.5 Å². The van der Waals surface area contributed by atoms with Gasteiger partial charge in [-0.1, -0.05) is 45.0 Å². The average Bonchev–Trinajstić information content (AvgIpc) is 2.95. The first-order valence-electron chi connectivity index (χ1n) is 8.69. The molecule has 0 radical (unpaired) electrons. The SMILES string of the molecule is C[C@@H]1NC(=O)[C@@H]2C[C@H](NCc3ccc(C(C)(C)C)cc3)CN2C1=O. The molecule has 0 aromatic heterocycles. The van der Waals surface area contributed by atoms with Gasteiger partial charge in [-0.15, -0.1) is 0 Å². The van der Waals surface area contributed by atoms with Crippen LogP contribution >= 0.6 is 0 Å². The molecule has 0 unspecified atom stereocenters. The van der Waals surface area contributed by atoms with Gasteiger partial charge < -0.3 is 15.5 Å². The Hall–Kier alpha value is -1.88. The molecular formula is C19H27N3O2. The predicted molar refractivity (Wildman–Crippen MR) is 93.5 cm³/mol. The van der Waals surface area contributed by atoms with Crippen molar-refractivity contribution >= 4 is 11.8 Å². The van der Waals surface area contributed by atoms with Gasteiger partial charge in [-0.2, -0.15) is 0 Å². The number of piperazine rings is 1. The van der Waals surface area contributed by atoms with Crippen molar-refractivity contribution in [2.24, 2.45) is 0 Å². The molecule has 5 heteroatoms. The van der Waals surface area contributed by atoms with Gasteiger partial charge in [-0.25, -0.2) is 0 Å². The first-order valence-corrected chi connectivity index (χ1v) is 8.69. The highest BCUT2D eigenvalue weighted by Crippen LogP contribution is 2.24. The van der Waals surface area contributed by atoms with E-state index in [-0.39, 0.29) is 29.3 Å². The lowest BCUT2D eigenvalue weighted by molar-refractivity contribution is -0.146. The van der Waals surface area contributed by atoms with Crippen molar-refractivity contribution in [3.63, 3.8) is 0 Å². The minimum atomic E-state index is -0.405. The molecule has 3 atom stereocenters. The van der Waals surface area contributed by atoms with Gasteiger partial charge in [-0.3, -0.25) is 9.59 Å². The summed E-state index contributed by atoms with van der Waals surface area (Å²) >= 11 is 0. The zero-order chi connectivity index (χ0) is 17.5. The van der Waals surface area contributed by atoms with Gasteiger partial charge in [0.15, 0.2) is 0 Å². The summed E-state index contributed by atoms with van der Waals surface area (Å²) in [5.74, 6) is -0.000592. The van der Waals surface area contributed by atoms with Gasteiger partial charge in [0.1, 0.15) is 12.1 Å². The van der Waals surface area contributed by atoms with Crippen molar-refractivity contribution in [2.45, 2.75) is 64.2 Å². The number of benzene rings is 1. The quantitative estimate of drug-likeness (QED) is 0.885. The molecular weight excluding hydrogens is 302 g/mol. The van der Waals surface area contributed by atoms with E-state index >= 15 is 0 Å². The fourth-order valence-electron chi connectivity index (χ4n) is 3.48. The van der Waals surface area contributed by atoms with Crippen LogP contribution in [0.5, 0.6) is 0 Å². The van der Waals surface area contributed by atoms with E-state index in [1.165, 1.54) is 11.1 Å². The van der Waals surface area contributed by atoms with Gasteiger partial charge >= 0.3 is 0 Å². The number of hydrogen-bond acceptors (Lipinski definition) is 3. The monoisotopic (exact) mass is 329 g/mol. The fraction of sp³-hybridized carbons (Fsp3) is 0.579. The van der Waals surface area contributed by atoms with Crippen molar-refractivity contribution in [2.75, 3.05) is 6.54 Å². The number of amides is 2. The van der Waals surface area contributed by atoms with E-state index in [1.54, 1.807) is 11.8 Å². The molecule has 0 saturated carbocycles. The van der Waals surface area contributed by atoms with E-state index in [0.717, 1.165) is 6.54 Å². The van der Waals surface area contributed by atoms with E-state index < -0.39 is 6.04 Å². The van der Waals surface area contributed by atoms with E-state index in [1.807, 2.05) is 0 Å². The maximum atomic E-state index is 12.2. The molecule has 2 heterocycles. The summed E-state index contributed by atoms with van der Waals surface area (Å²) in [6.07, 6.45) is 0.685. The number of rotatable bonds is 3. The van der Waals surface area contributed by atoms with E-state index in [4.69, 9.17) is 0 Å². The Morgan fingerprint density at radius 1 is 1.21 bits per heavy atom. The molecule has 5 nitrogen and oxygen atoms in total. The van der Waals surface area contributed by atoms with E-state index in [0.29, 0.717) is 13.0 Å². The van der Waals surface area contributed by atoms with Crippen LogP contribution in [0.1, 0.15) is 45.2 Å². The Labute approximate surface area is 143 Å². The average molecular weight is 329 g/mol. The number of fused-ring (bicyclic) bond motifs is 1. The zero-order valence-electron chi connectivity index (χ0n) is 14.9. The highest BCUT2D eigenvalue weighted by atomic mass is 16.2. The summed E-state index contributed by atoms with van der Waals surface area (Å²) < 4.78 is 0. The largest absolute Gasteiger partial charge is 0.343 e. The molecule has 0 spiro atoms. The second-order valence-electron chi connectivity index (χ2n) is 8.00. The summed E-state index contributed by atoms with van der Waals surface area (Å²) in [6.45, 7) is 9.73. The van der Waals surface area contributed by atoms with Gasteiger partial charge in [0.25, 0.3) is 0 Å². The minimum absolute atomic E-state index is 0.0263. The van der Waals surface area contributed by atoms with Crippen molar-refractivity contribution in [3.05, 3.63) is 35.4 Å². The Bertz CT molecular complexity index is 633. The van der Waals surface area contributed by atoms with Crippen LogP contribution in [0, 0.1) is 0 Å². The number of hydrogen-bond donors (Lipinski definition) is 2. The molecule has 3 rings (SSSR count). The highest BCUT2D eigenvalue weighted by Gasteiger charge is 2.44. The summed E-state index contributed by atoms with van der Waals surface area (Å²) in [4.78, 5) is 26.0. The van der Waals surface area contributed by atoms with Gasteiger partial charge in [-0.05, 0) is 29.9 Å². The third-order valence-electron chi connectivity index (χ3n) is 5.03. The van der Waals surface area contributed by atoms with Crippen LogP contribution in [0.4, 0.5) is 0 Å². The minimum Gasteiger partial charge on any atom is -0.343 e. The molecule has 2 aliphatic rings. The summed E-state index contributed by atoms with van der Waals surface area (Å²) in [6, 6.07) is 8.09. The van der Waals surface area contributed by atoms with Gasteiger partial charge in [0, 0.05) is 19.1 Å². The number of carbonyl (C=O) groups excluding carboxylic acids is 2. The Morgan fingerprint density at radius 2 is 1.88 bits per heavy atom. The molecule has 0 bridgehead atoms. The van der Waals surface area contributed by atoms with Gasteiger partial charge in [0.05, 0.1) is 0 Å². The lowest BCUT2D eigenvalue weighted by Gasteiger charge is -2.32. The van der Waals surface area contributed by atoms with Gasteiger partial charge in [0.2, 0.25) is 11.8 Å². The summed E-state index contributed by atoms with van der Waals surface area (Å²) in [7, 11) is 0.